The molecule has 2 fully saturated rings. The molecule has 2 aliphatic heterocycles. The van der Waals surface area contributed by atoms with Crippen molar-refractivity contribution >= 4 is 39.3 Å². The summed E-state index contributed by atoms with van der Waals surface area (Å²) in [6.45, 7) is 3.58. The van der Waals surface area contributed by atoms with Crippen molar-refractivity contribution in [2.45, 2.75) is 32.2 Å². The number of nitrogens with zero attached hydrogens (tertiary/aromatic N) is 2. The zero-order chi connectivity index (χ0) is 22.4. The smallest absolute Gasteiger partial charge is 0.298 e. The molecule has 0 unspecified atom stereocenters. The zero-order valence-corrected chi connectivity index (χ0v) is 18.0. The van der Waals surface area contributed by atoms with Gasteiger partial charge in [-0.05, 0) is 49.3 Å². The highest BCUT2D eigenvalue weighted by Gasteiger charge is 2.42. The molecule has 2 saturated heterocycles. The van der Waals surface area contributed by atoms with Crippen LogP contribution in [0.1, 0.15) is 25.3 Å². The van der Waals surface area contributed by atoms with Crippen LogP contribution in [-0.4, -0.2) is 47.4 Å². The van der Waals surface area contributed by atoms with E-state index in [1.165, 1.54) is 6.07 Å². The van der Waals surface area contributed by atoms with Crippen LogP contribution in [0.4, 0.5) is 10.1 Å². The maximum atomic E-state index is 15.6. The number of halogens is 1. The molecule has 1 aromatic heterocycles. The molecule has 3 N–H and O–H groups in total. The average molecular weight is 432 g/mol. The number of carbonyl (C=O) groups is 2. The highest BCUT2D eigenvalue weighted by atomic mass is 19.1. The van der Waals surface area contributed by atoms with E-state index in [1.807, 2.05) is 29.2 Å². The van der Waals surface area contributed by atoms with Crippen molar-refractivity contribution in [2.24, 2.45) is 11.7 Å². The van der Waals surface area contributed by atoms with Crippen molar-refractivity contribution < 1.29 is 14.0 Å². The zero-order valence-electron chi connectivity index (χ0n) is 18.0. The Labute approximate surface area is 185 Å². The number of nitrogens with two attached hydrogens (primary N) is 1. The number of piperidine rings is 1. The molecule has 2 amide bonds. The number of hydrogen-bond donors (Lipinski definition) is 2. The minimum Gasteiger partial charge on any atom is -0.369 e. The molecule has 5 rings (SSSR count). The molecule has 0 saturated carbocycles. The van der Waals surface area contributed by atoms with Crippen LogP contribution in [0.2, 0.25) is 0 Å². The Bertz CT molecular complexity index is 1300. The van der Waals surface area contributed by atoms with Gasteiger partial charge in [-0.25, -0.2) is 4.39 Å². The number of para-hydroxylation sites is 1. The van der Waals surface area contributed by atoms with Gasteiger partial charge in [0.1, 0.15) is 5.82 Å². The van der Waals surface area contributed by atoms with E-state index in [9.17, 15) is 9.59 Å². The number of rotatable bonds is 3. The molecular formula is C25H25FN4O2. The molecule has 3 aromatic rings. The van der Waals surface area contributed by atoms with Crippen molar-refractivity contribution in [1.82, 2.24) is 9.88 Å². The summed E-state index contributed by atoms with van der Waals surface area (Å²) < 4.78 is 15.6. The fourth-order valence-corrected chi connectivity index (χ4v) is 5.47. The lowest BCUT2D eigenvalue weighted by atomic mass is 9.92. The third-order valence-electron chi connectivity index (χ3n) is 6.75. The number of anilines is 1. The number of fused-ring (bicyclic) bond motifs is 4. The summed E-state index contributed by atoms with van der Waals surface area (Å²) in [7, 11) is 0. The lowest BCUT2D eigenvalue weighted by Gasteiger charge is -2.35. The number of aromatic nitrogens is 1. The first-order chi connectivity index (χ1) is 15.5. The molecule has 164 valence electrons. The molecule has 2 aromatic carbocycles. The van der Waals surface area contributed by atoms with Gasteiger partial charge in [0.15, 0.2) is 0 Å². The van der Waals surface area contributed by atoms with Gasteiger partial charge in [-0.1, -0.05) is 24.1 Å². The second-order valence-electron chi connectivity index (χ2n) is 8.68. The third-order valence-corrected chi connectivity index (χ3v) is 6.75. The molecule has 0 spiro atoms. The highest BCUT2D eigenvalue weighted by Crippen LogP contribution is 2.42. The Morgan fingerprint density at radius 1 is 1.28 bits per heavy atom. The van der Waals surface area contributed by atoms with Crippen molar-refractivity contribution in [2.75, 3.05) is 24.5 Å². The quantitative estimate of drug-likeness (QED) is 0.625. The molecule has 2 atom stereocenters. The predicted octanol–water partition coefficient (Wildman–Crippen LogP) is 2.94. The third kappa shape index (κ3) is 3.27. The number of benzene rings is 2. The standard InChI is InChI=1S/C25H25FN4O2/c1-2-6-22(32)30-10-5-7-15-13-29(14-20(15)30)25-18(26)11-16(12-21(27)31)24-23(25)17-8-3-4-9-19(17)28-24/h3-4,8-9,11,15,20,28H,5,7,10,12-14H2,1H3,(H2,27,31)/t15-,20+/m1/s1. The summed E-state index contributed by atoms with van der Waals surface area (Å²) in [4.78, 5) is 31.5. The van der Waals surface area contributed by atoms with Crippen LogP contribution in [0.25, 0.3) is 21.8 Å². The fourth-order valence-electron chi connectivity index (χ4n) is 5.47. The lowest BCUT2D eigenvalue weighted by molar-refractivity contribution is -0.129. The second-order valence-corrected chi connectivity index (χ2v) is 8.68. The van der Waals surface area contributed by atoms with Crippen LogP contribution in [0, 0.1) is 23.6 Å². The summed E-state index contributed by atoms with van der Waals surface area (Å²) in [5.41, 5.74) is 8.13. The number of hydrogen-bond acceptors (Lipinski definition) is 3. The second kappa shape index (κ2) is 7.86. The summed E-state index contributed by atoms with van der Waals surface area (Å²) in [6.07, 6.45) is 1.89. The minimum absolute atomic E-state index is 0.0158. The number of amides is 2. The van der Waals surface area contributed by atoms with Crippen molar-refractivity contribution in [1.29, 1.82) is 0 Å². The summed E-state index contributed by atoms with van der Waals surface area (Å²) in [6, 6.07) is 9.18. The average Bonchev–Trinajstić information content (AvgIpc) is 3.35. The maximum absolute atomic E-state index is 15.6. The number of aromatic amines is 1. The van der Waals surface area contributed by atoms with E-state index < -0.39 is 5.91 Å². The Balaban J connectivity index is 1.63. The maximum Gasteiger partial charge on any atom is 0.298 e. The van der Waals surface area contributed by atoms with E-state index in [0.717, 1.165) is 34.6 Å². The van der Waals surface area contributed by atoms with Gasteiger partial charge >= 0.3 is 0 Å². The van der Waals surface area contributed by atoms with Gasteiger partial charge in [0.25, 0.3) is 5.91 Å². The summed E-state index contributed by atoms with van der Waals surface area (Å²) in [5.74, 6) is 4.61. The molecule has 6 nitrogen and oxygen atoms in total. The van der Waals surface area contributed by atoms with E-state index in [2.05, 4.69) is 21.7 Å². The van der Waals surface area contributed by atoms with Crippen molar-refractivity contribution in [3.63, 3.8) is 0 Å². The van der Waals surface area contributed by atoms with E-state index >= 15 is 4.39 Å². The number of likely N-dealkylation sites (tertiary alicyclic amines) is 1. The first-order valence-electron chi connectivity index (χ1n) is 11.0. The molecule has 0 radical (unpaired) electrons. The Morgan fingerprint density at radius 2 is 2.09 bits per heavy atom. The van der Waals surface area contributed by atoms with Gasteiger partial charge in [-0.15, -0.1) is 0 Å². The minimum atomic E-state index is -0.504. The number of H-pyrrole nitrogens is 1. The normalized spacial score (nSPS) is 20.3. The van der Waals surface area contributed by atoms with Crippen molar-refractivity contribution in [3.05, 3.63) is 41.7 Å². The van der Waals surface area contributed by atoms with E-state index in [0.29, 0.717) is 30.9 Å². The van der Waals surface area contributed by atoms with Crippen LogP contribution < -0.4 is 10.6 Å². The number of nitrogens with one attached hydrogen (secondary N) is 1. The van der Waals surface area contributed by atoms with E-state index in [4.69, 9.17) is 5.73 Å². The largest absolute Gasteiger partial charge is 0.369 e. The van der Waals surface area contributed by atoms with Crippen LogP contribution >= 0.6 is 0 Å². The SMILES string of the molecule is CC#CC(=O)N1CCC[C@@H]2CN(c3c(F)cc(CC(N)=O)c4[nH]c5ccccc5c34)C[C@@H]21. The van der Waals surface area contributed by atoms with Gasteiger partial charge in [0.2, 0.25) is 5.91 Å². The fraction of sp³-hybridized carbons (Fsp3) is 0.360. The Kier molecular flexibility index (Phi) is 5.01. The van der Waals surface area contributed by atoms with Crippen molar-refractivity contribution in [3.8, 4) is 11.8 Å². The highest BCUT2D eigenvalue weighted by molar-refractivity contribution is 6.15. The van der Waals surface area contributed by atoms with Gasteiger partial charge in [-0.2, -0.15) is 0 Å². The molecular weight excluding hydrogens is 407 g/mol. The molecule has 32 heavy (non-hydrogen) atoms. The predicted molar refractivity (Wildman–Crippen MR) is 123 cm³/mol. The molecule has 7 heteroatoms. The Morgan fingerprint density at radius 3 is 2.88 bits per heavy atom. The molecule has 0 aliphatic carbocycles. The lowest BCUT2D eigenvalue weighted by Crippen LogP contribution is -2.48. The first kappa shape index (κ1) is 20.4. The van der Waals surface area contributed by atoms with Crippen LogP contribution in [-0.2, 0) is 16.0 Å². The molecule has 3 heterocycles. The van der Waals surface area contributed by atoms with Crippen LogP contribution in [0.5, 0.6) is 0 Å². The van der Waals surface area contributed by atoms with Gasteiger partial charge < -0.3 is 20.5 Å². The monoisotopic (exact) mass is 432 g/mol. The van der Waals surface area contributed by atoms with Crippen LogP contribution in [0.3, 0.4) is 0 Å². The number of primary amides is 1. The topological polar surface area (TPSA) is 82.4 Å². The van der Waals surface area contributed by atoms with Gasteiger partial charge in [0, 0.05) is 35.9 Å². The molecule has 0 bridgehead atoms. The summed E-state index contributed by atoms with van der Waals surface area (Å²) in [5, 5.41) is 1.67. The molecule has 2 aliphatic rings. The van der Waals surface area contributed by atoms with Gasteiger partial charge in [-0.3, -0.25) is 9.59 Å². The Hall–Kier alpha value is -3.53. The van der Waals surface area contributed by atoms with E-state index in [1.54, 1.807) is 6.92 Å². The van der Waals surface area contributed by atoms with Gasteiger partial charge in [0.05, 0.1) is 23.7 Å². The van der Waals surface area contributed by atoms with Crippen LogP contribution in [0.15, 0.2) is 30.3 Å². The first-order valence-corrected chi connectivity index (χ1v) is 11.0. The van der Waals surface area contributed by atoms with E-state index in [-0.39, 0.29) is 30.1 Å². The number of carbonyl (C=O) groups excluding carboxylic acids is 2. The summed E-state index contributed by atoms with van der Waals surface area (Å²) >= 11 is 0.